The third kappa shape index (κ3) is 6.44. The average Bonchev–Trinajstić information content (AvgIpc) is 2.86. The molecule has 1 aliphatic heterocycles. The number of rotatable bonds is 9. The Balaban J connectivity index is 1.18. The number of nitrogens with zero attached hydrogens (tertiary/aromatic N) is 1. The number of piperidine rings is 1. The van der Waals surface area contributed by atoms with Gasteiger partial charge in [-0.25, -0.2) is 4.79 Å². The minimum absolute atomic E-state index is 0.271. The molecule has 4 rings (SSSR count). The number of likely N-dealkylation sites (tertiary alicyclic amines) is 1. The maximum Gasteiger partial charge on any atom is 0.338 e. The first-order valence-corrected chi connectivity index (χ1v) is 11.5. The maximum atomic E-state index is 12.2. The van der Waals surface area contributed by atoms with Gasteiger partial charge in [0.2, 0.25) is 0 Å². The third-order valence-electron chi connectivity index (χ3n) is 5.90. The summed E-state index contributed by atoms with van der Waals surface area (Å²) < 4.78 is 11.3. The maximum absolute atomic E-state index is 12.2. The zero-order chi connectivity index (χ0) is 22.0. The van der Waals surface area contributed by atoms with Crippen molar-refractivity contribution in [2.75, 3.05) is 32.8 Å². The fraction of sp³-hybridized carbons (Fsp3) is 0.321. The summed E-state index contributed by atoms with van der Waals surface area (Å²) in [5.41, 5.74) is 4.24. The van der Waals surface area contributed by atoms with Crippen LogP contribution in [0.5, 0.6) is 5.75 Å². The van der Waals surface area contributed by atoms with Crippen molar-refractivity contribution in [1.82, 2.24) is 4.90 Å². The van der Waals surface area contributed by atoms with E-state index < -0.39 is 0 Å². The average molecular weight is 430 g/mol. The van der Waals surface area contributed by atoms with E-state index in [4.69, 9.17) is 9.47 Å². The van der Waals surface area contributed by atoms with Crippen LogP contribution in [0.1, 0.15) is 35.2 Å². The molecule has 0 aliphatic carbocycles. The van der Waals surface area contributed by atoms with Crippen LogP contribution in [0.3, 0.4) is 0 Å². The predicted octanol–water partition coefficient (Wildman–Crippen LogP) is 5.62. The van der Waals surface area contributed by atoms with Gasteiger partial charge in [0.1, 0.15) is 12.4 Å². The number of carbonyl (C=O) groups is 1. The molecule has 1 saturated heterocycles. The molecule has 0 saturated carbocycles. The summed E-state index contributed by atoms with van der Waals surface area (Å²) in [6.45, 7) is 4.07. The van der Waals surface area contributed by atoms with E-state index in [2.05, 4.69) is 53.4 Å². The lowest BCUT2D eigenvalue weighted by Gasteiger charge is -2.25. The smallest absolute Gasteiger partial charge is 0.338 e. The molecule has 0 amide bonds. The molecule has 3 aromatic rings. The molecule has 1 aliphatic rings. The number of esters is 1. The predicted molar refractivity (Wildman–Crippen MR) is 128 cm³/mol. The molecule has 0 bridgehead atoms. The Hall–Kier alpha value is -3.11. The quantitative estimate of drug-likeness (QED) is 0.414. The van der Waals surface area contributed by atoms with E-state index in [0.29, 0.717) is 18.8 Å². The van der Waals surface area contributed by atoms with Gasteiger partial charge in [-0.15, -0.1) is 0 Å². The number of hydrogen-bond acceptors (Lipinski definition) is 4. The number of benzene rings is 3. The fourth-order valence-corrected chi connectivity index (χ4v) is 4.00. The highest BCUT2D eigenvalue weighted by atomic mass is 16.5. The van der Waals surface area contributed by atoms with Crippen LogP contribution in [0.15, 0.2) is 78.9 Å². The Morgan fingerprint density at radius 2 is 1.44 bits per heavy atom. The molecule has 1 fully saturated rings. The zero-order valence-corrected chi connectivity index (χ0v) is 18.5. The van der Waals surface area contributed by atoms with Crippen molar-refractivity contribution in [1.29, 1.82) is 0 Å². The second-order valence-corrected chi connectivity index (χ2v) is 8.22. The van der Waals surface area contributed by atoms with E-state index in [1.165, 1.54) is 36.0 Å². The number of carbonyl (C=O) groups excluding carboxylic acids is 1. The van der Waals surface area contributed by atoms with Crippen LogP contribution in [0.25, 0.3) is 11.1 Å². The molecular weight excluding hydrogens is 398 g/mol. The first-order chi connectivity index (χ1) is 15.8. The van der Waals surface area contributed by atoms with Crippen LogP contribution in [-0.4, -0.2) is 43.7 Å². The van der Waals surface area contributed by atoms with Crippen molar-refractivity contribution in [3.63, 3.8) is 0 Å². The van der Waals surface area contributed by atoms with E-state index in [9.17, 15) is 4.79 Å². The first kappa shape index (κ1) is 22.1. The second kappa shape index (κ2) is 11.5. The molecular formula is C28H31NO3. The second-order valence-electron chi connectivity index (χ2n) is 8.22. The largest absolute Gasteiger partial charge is 0.493 e. The zero-order valence-electron chi connectivity index (χ0n) is 18.5. The molecule has 4 nitrogen and oxygen atoms in total. The minimum Gasteiger partial charge on any atom is -0.493 e. The molecule has 0 aromatic heterocycles. The van der Waals surface area contributed by atoms with Crippen molar-refractivity contribution in [3.8, 4) is 16.9 Å². The standard InChI is InChI=1S/C28H31NO3/c30-28(32-22-20-29-18-5-2-6-19-29)26-13-15-27(16-14-26)31-21-17-23-9-11-25(12-10-23)24-7-3-1-4-8-24/h1,3-4,7-16H,2,5-6,17-22H2. The van der Waals surface area contributed by atoms with Gasteiger partial charge in [-0.05, 0) is 66.9 Å². The van der Waals surface area contributed by atoms with Crippen molar-refractivity contribution >= 4 is 5.97 Å². The van der Waals surface area contributed by atoms with Crippen LogP contribution in [0.4, 0.5) is 0 Å². The van der Waals surface area contributed by atoms with E-state index >= 15 is 0 Å². The molecule has 0 N–H and O–H groups in total. The highest BCUT2D eigenvalue weighted by Gasteiger charge is 2.12. The Morgan fingerprint density at radius 1 is 0.750 bits per heavy atom. The molecule has 0 atom stereocenters. The van der Waals surface area contributed by atoms with Gasteiger partial charge in [-0.3, -0.25) is 4.90 Å². The van der Waals surface area contributed by atoms with Gasteiger partial charge < -0.3 is 9.47 Å². The van der Waals surface area contributed by atoms with E-state index in [-0.39, 0.29) is 5.97 Å². The van der Waals surface area contributed by atoms with Crippen molar-refractivity contribution in [2.45, 2.75) is 25.7 Å². The number of ether oxygens (including phenoxy) is 2. The minimum atomic E-state index is -0.271. The summed E-state index contributed by atoms with van der Waals surface area (Å²) in [5, 5.41) is 0. The van der Waals surface area contributed by atoms with Gasteiger partial charge in [0.05, 0.1) is 12.2 Å². The molecule has 4 heteroatoms. The third-order valence-corrected chi connectivity index (χ3v) is 5.90. The van der Waals surface area contributed by atoms with Gasteiger partial charge in [0.25, 0.3) is 0 Å². The molecule has 3 aromatic carbocycles. The normalized spacial score (nSPS) is 14.1. The van der Waals surface area contributed by atoms with Crippen LogP contribution in [0.2, 0.25) is 0 Å². The Labute approximate surface area is 190 Å². The van der Waals surface area contributed by atoms with Crippen molar-refractivity contribution in [2.24, 2.45) is 0 Å². The van der Waals surface area contributed by atoms with Gasteiger partial charge >= 0.3 is 5.97 Å². The highest BCUT2D eigenvalue weighted by Crippen LogP contribution is 2.20. The van der Waals surface area contributed by atoms with Crippen LogP contribution < -0.4 is 4.74 Å². The molecule has 0 radical (unpaired) electrons. The molecule has 32 heavy (non-hydrogen) atoms. The summed E-state index contributed by atoms with van der Waals surface area (Å²) in [7, 11) is 0. The van der Waals surface area contributed by atoms with Crippen LogP contribution in [-0.2, 0) is 11.2 Å². The lowest BCUT2D eigenvalue weighted by Crippen LogP contribution is -2.33. The molecule has 0 spiro atoms. The van der Waals surface area contributed by atoms with Crippen LogP contribution in [0, 0.1) is 0 Å². The van der Waals surface area contributed by atoms with E-state index in [1.54, 1.807) is 12.1 Å². The molecule has 1 heterocycles. The van der Waals surface area contributed by atoms with Crippen molar-refractivity contribution in [3.05, 3.63) is 90.0 Å². The summed E-state index contributed by atoms with van der Waals surface area (Å²) in [4.78, 5) is 14.6. The Morgan fingerprint density at radius 3 is 2.16 bits per heavy atom. The van der Waals surface area contributed by atoms with Gasteiger partial charge in [-0.1, -0.05) is 61.0 Å². The monoisotopic (exact) mass is 429 g/mol. The summed E-state index contributed by atoms with van der Waals surface area (Å²) in [5.74, 6) is 0.489. The number of hydrogen-bond donors (Lipinski definition) is 0. The lowest BCUT2D eigenvalue weighted by atomic mass is 10.0. The Bertz CT molecular complexity index is 962. The summed E-state index contributed by atoms with van der Waals surface area (Å²) >= 11 is 0. The van der Waals surface area contributed by atoms with Gasteiger partial charge in [0, 0.05) is 13.0 Å². The molecule has 0 unspecified atom stereocenters. The van der Waals surface area contributed by atoms with Crippen LogP contribution >= 0.6 is 0 Å². The van der Waals surface area contributed by atoms with E-state index in [1.807, 2.05) is 18.2 Å². The summed E-state index contributed by atoms with van der Waals surface area (Å²) in [6.07, 6.45) is 4.63. The molecule has 166 valence electrons. The van der Waals surface area contributed by atoms with E-state index in [0.717, 1.165) is 31.8 Å². The SMILES string of the molecule is O=C(OCCN1CCCCC1)c1ccc(OCCc2ccc(-c3ccccc3)cc2)cc1. The highest BCUT2D eigenvalue weighted by molar-refractivity contribution is 5.89. The van der Waals surface area contributed by atoms with Gasteiger partial charge in [0.15, 0.2) is 0 Å². The topological polar surface area (TPSA) is 38.8 Å². The lowest BCUT2D eigenvalue weighted by molar-refractivity contribution is 0.0452. The Kier molecular flexibility index (Phi) is 7.94. The van der Waals surface area contributed by atoms with Gasteiger partial charge in [-0.2, -0.15) is 0 Å². The summed E-state index contributed by atoms with van der Waals surface area (Å²) in [6, 6.07) is 26.2. The fourth-order valence-electron chi connectivity index (χ4n) is 4.00. The van der Waals surface area contributed by atoms with Crippen molar-refractivity contribution < 1.29 is 14.3 Å². The first-order valence-electron chi connectivity index (χ1n) is 11.5.